The van der Waals surface area contributed by atoms with Gasteiger partial charge in [0.05, 0.1) is 55.7 Å². The lowest BCUT2D eigenvalue weighted by Gasteiger charge is -2.60. The van der Waals surface area contributed by atoms with Gasteiger partial charge in [-0.3, -0.25) is 43.2 Å². The van der Waals surface area contributed by atoms with E-state index in [1.165, 1.54) is 6.92 Å². The van der Waals surface area contributed by atoms with Crippen LogP contribution in [-0.2, 0) is 85.8 Å². The predicted molar refractivity (Wildman–Crippen MR) is 466 cm³/mol. The van der Waals surface area contributed by atoms with Crippen LogP contribution >= 0.6 is 0 Å². The number of ketones is 6. The van der Waals surface area contributed by atoms with E-state index in [0.29, 0.717) is 82.3 Å². The maximum atomic E-state index is 15.0. The topological polar surface area (TPSA) is 297 Å². The summed E-state index contributed by atoms with van der Waals surface area (Å²) in [4.78, 5) is 121. The highest BCUT2D eigenvalue weighted by atomic mass is 16.8. The van der Waals surface area contributed by atoms with Crippen molar-refractivity contribution in [1.82, 2.24) is 0 Å². The molecule has 18 aliphatic rings. The fourth-order valence-corrected chi connectivity index (χ4v) is 28.0. The van der Waals surface area contributed by atoms with E-state index in [9.17, 15) is 57.8 Å². The number of carbonyl (C=O) groups is 9. The molecule has 0 spiro atoms. The van der Waals surface area contributed by atoms with E-state index in [1.807, 2.05) is 32.9 Å². The number of ether oxygens (including phenoxy) is 9. The maximum absolute atomic E-state index is 15.0. The number of aliphatic hydroxyl groups is 3. The molecule has 15 fully saturated rings. The van der Waals surface area contributed by atoms with Gasteiger partial charge in [0.25, 0.3) is 0 Å². The summed E-state index contributed by atoms with van der Waals surface area (Å²) in [6.07, 6.45) is -29.5. The average Bonchev–Trinajstić information content (AvgIpc) is 1.36. The Hall–Kier alpha value is -5.49. The van der Waals surface area contributed by atoms with E-state index in [-0.39, 0.29) is 90.9 Å². The molecule has 3 heterocycles. The Bertz CT molecular complexity index is 5990. The van der Waals surface area contributed by atoms with Crippen LogP contribution in [0.1, 0.15) is 336 Å². The summed E-state index contributed by atoms with van der Waals surface area (Å²) < 4.78 is 335. The highest BCUT2D eigenvalue weighted by Crippen LogP contribution is 2.75. The molecular weight excluding hydrogens is 1590 g/mol. The van der Waals surface area contributed by atoms with Crippen LogP contribution in [-0.4, -0.2) is 160 Å². The molecule has 0 radical (unpaired) electrons. The van der Waals surface area contributed by atoms with E-state index in [0.717, 1.165) is 56.3 Å². The van der Waals surface area contributed by atoms with Crippen molar-refractivity contribution in [2.24, 2.45) is 139 Å². The van der Waals surface area contributed by atoms with Crippen molar-refractivity contribution in [1.29, 1.82) is 0 Å². The van der Waals surface area contributed by atoms with E-state index in [2.05, 4.69) is 13.8 Å². The number of allylic oxidation sites excluding steroid dienone is 12. The van der Waals surface area contributed by atoms with Crippen LogP contribution < -0.4 is 0 Å². The zero-order valence-electron chi connectivity index (χ0n) is 107. The second-order valence-corrected chi connectivity index (χ2v) is 40.2. The van der Waals surface area contributed by atoms with Gasteiger partial charge in [0.15, 0.2) is 72.8 Å². The molecule has 0 bridgehead atoms. The van der Waals surface area contributed by atoms with Crippen molar-refractivity contribution in [3.05, 3.63) is 70.4 Å². The SMILES string of the molecule is [2H]C([2H])([2H])C([2H])(C(=O)OCC(=O)[C@@]12O[C@H](C3CCCCC3C)O[C@@H]1C[C@H]1[C@@H]3CCC4=CC(=O)C=C[C@]4(C)[C@H]3[C@@H](O)C[C@@]12C)C([2H])([2H])C.[2H]C([2H])([2H])C([2H])(C(=O)OCC(=O)[C@@]12O[C@]([2H])(C3([2H])C([2H])([2H])C([2H])([2H])C([2H])([2H])C([2H])([2H])C3([2H])C)O[C@@H]1C[C@H]1[C@@H]3CCC4=CC(=O)C(C)=C[C@]4(C)[C@H]3[C@@H](O)C[C@@]12C)C([2H])([2H])C.[2H]C1([2H])C([2H])([2H])C([2H])([2H])C([2H])([C@@H]2O[C@@H]3C[C@H]4[C@@H]5CCC6=CC(=O)C(C)=C[C@]6(C)[C@H]5[C@@H](O)C[C@]4(C)[C@]3(C(=O)COC(=O)C(C)CC)O2)C([2H])(C)C1([2H])[2H]. The Morgan fingerprint density at radius 2 is 0.928 bits per heavy atom. The number of hydrogen-bond donors (Lipinski definition) is 3. The van der Waals surface area contributed by atoms with Gasteiger partial charge in [-0.15, -0.1) is 0 Å². The van der Waals surface area contributed by atoms with Gasteiger partial charge in [-0.25, -0.2) is 0 Å². The third-order valence-corrected chi connectivity index (χ3v) is 34.2. The summed E-state index contributed by atoms with van der Waals surface area (Å²) in [5, 5.41) is 36.3. The first-order chi connectivity index (χ1) is 71.5. The third kappa shape index (κ3) is 14.7. The number of esters is 3. The molecule has 36 atom stereocenters. The molecule has 125 heavy (non-hydrogen) atoms. The molecule has 9 unspecified atom stereocenters. The van der Waals surface area contributed by atoms with Crippen LogP contribution in [0.25, 0.3) is 0 Å². The fraction of sp³-hybridized carbons (Fsp3) is 0.798. The third-order valence-electron chi connectivity index (χ3n) is 34.2. The predicted octanol–water partition coefficient (Wildman–Crippen LogP) is 16.8. The van der Waals surface area contributed by atoms with Crippen molar-refractivity contribution in [3.8, 4) is 0 Å². The van der Waals surface area contributed by atoms with Gasteiger partial charge >= 0.3 is 17.9 Å². The van der Waals surface area contributed by atoms with Crippen LogP contribution in [0.3, 0.4) is 0 Å². The van der Waals surface area contributed by atoms with Gasteiger partial charge in [0.1, 0.15) is 0 Å². The van der Waals surface area contributed by atoms with Crippen molar-refractivity contribution in [3.63, 3.8) is 0 Å². The molecule has 0 aromatic heterocycles. The first kappa shape index (κ1) is 59.8. The summed E-state index contributed by atoms with van der Waals surface area (Å²) in [6.45, 7) is 12.8. The van der Waals surface area contributed by atoms with Crippen LogP contribution in [0.15, 0.2) is 70.4 Å². The summed E-state index contributed by atoms with van der Waals surface area (Å²) >= 11 is 0. The minimum absolute atomic E-state index is 0.0235. The Labute approximate surface area is 788 Å². The van der Waals surface area contributed by atoms with Crippen molar-refractivity contribution >= 4 is 52.6 Å². The number of hydrogen-bond acceptors (Lipinski definition) is 21. The van der Waals surface area contributed by atoms with Crippen LogP contribution in [0, 0.1) is 139 Å². The lowest BCUT2D eigenvalue weighted by Crippen LogP contribution is -2.64. The highest BCUT2D eigenvalue weighted by molar-refractivity contribution is 6.06. The van der Waals surface area contributed by atoms with Gasteiger partial charge < -0.3 is 58.0 Å². The van der Waals surface area contributed by atoms with E-state index >= 15 is 4.79 Å². The first-order valence-electron chi connectivity index (χ1n) is 61.6. The molecule has 12 saturated carbocycles. The molecule has 21 nitrogen and oxygen atoms in total. The molecule has 0 amide bonds. The minimum Gasteiger partial charge on any atom is -0.457 e. The minimum atomic E-state index is -4.00. The van der Waals surface area contributed by atoms with Crippen LogP contribution in [0.2, 0.25) is 0 Å². The quantitative estimate of drug-likeness (QED) is 0.0848. The van der Waals surface area contributed by atoms with Crippen molar-refractivity contribution < 1.29 is 146 Å². The molecular formula is C104H148O21. The van der Waals surface area contributed by atoms with E-state index in [4.69, 9.17) is 83.8 Å². The lowest BCUT2D eigenvalue weighted by molar-refractivity contribution is -0.213. The smallest absolute Gasteiger partial charge is 0.309 e. The summed E-state index contributed by atoms with van der Waals surface area (Å²) in [5.41, 5.74) is -8.72. The molecule has 18 rings (SSSR count). The Morgan fingerprint density at radius 1 is 0.528 bits per heavy atom. The van der Waals surface area contributed by atoms with Crippen molar-refractivity contribution in [2.75, 3.05) is 19.8 Å². The molecule has 3 saturated heterocycles. The molecule has 690 valence electrons. The molecule has 21 heteroatoms. The molecule has 3 N–H and O–H groups in total. The van der Waals surface area contributed by atoms with Gasteiger partial charge in [-0.2, -0.15) is 0 Å². The van der Waals surface area contributed by atoms with Crippen molar-refractivity contribution in [2.45, 2.75) is 363 Å². The van der Waals surface area contributed by atoms with Crippen LogP contribution in [0.4, 0.5) is 0 Å². The average molecular weight is 1770 g/mol. The number of carbonyl (C=O) groups excluding carboxylic acids is 9. The summed E-state index contributed by atoms with van der Waals surface area (Å²) in [5.74, 6) is -31.2. The largest absolute Gasteiger partial charge is 0.457 e. The second kappa shape index (κ2) is 34.6. The zero-order chi connectivity index (χ0) is 119. The highest BCUT2D eigenvalue weighted by Gasteiger charge is 2.81. The Balaban J connectivity index is 0.000000168. The number of rotatable bonds is 18. The number of Topliss-reactive ketones (excluding diaryl/α,β-unsaturated/α-hetero) is 3. The van der Waals surface area contributed by atoms with Gasteiger partial charge in [0.2, 0.25) is 17.3 Å². The Kier molecular flexibility index (Phi) is 16.6. The molecule has 0 aromatic carbocycles. The van der Waals surface area contributed by atoms with Gasteiger partial charge in [-0.05, 0) is 218 Å². The van der Waals surface area contributed by atoms with E-state index < -0.39 is 296 Å². The van der Waals surface area contributed by atoms with Crippen LogP contribution in [0.5, 0.6) is 0 Å². The standard InChI is InChI=1S/2C35H50O7.C34H48O7/c2*1-7-19(2)31(39)40-18-28(38)35-29(41-32(42-35)23-11-9-8-10-20(23)3)15-25-24-13-12-22-14-26(36)21(4)16-33(22,5)30(24)27(37)17-34(25,35)6;1-6-19(2)30(38)39-18-27(37)34-28(40-31(41-34)23-10-8-7-9-20(23)3)16-25-24-12-11-21-15-22(35)13-14-32(21,4)29(24)26(36)17-33(25,34)5/h2*14,16,19-20,23-25,27,29-30,32,37H,7-13,15,17-18H2,1-6H3;13-15,19-20,23-26,28-29,31,36H,6-12,16-18H2,1-5H3/t2*19?,20?,23?,24-,25-,27-,29+,30+,32+,33-,34-,35+;19?,20?,23?,24-,25-,26-,28+,29+,31+,32-,33-,34+/m000/s1/i2D3,7D2,8D2,9D2,10D2,11D2,19D,20D,23D,32D;8D2,9D2,10D2,11D2,20D,23D;2D3,6D2,19D. The normalized spacial score (nSPS) is 58.1. The first-order valence-corrected chi connectivity index (χ1v) is 45.1. The fourth-order valence-electron chi connectivity index (χ4n) is 28.0. The number of aliphatic hydroxyl groups excluding tert-OH is 3. The summed E-state index contributed by atoms with van der Waals surface area (Å²) in [7, 11) is 0. The lowest BCUT2D eigenvalue weighted by atomic mass is 9.46. The van der Waals surface area contributed by atoms with Gasteiger partial charge in [-0.1, -0.05) is 196 Å². The van der Waals surface area contributed by atoms with E-state index in [1.54, 1.807) is 65.0 Å². The molecule has 0 aromatic rings. The molecule has 3 aliphatic heterocycles. The van der Waals surface area contributed by atoms with Gasteiger partial charge in [0, 0.05) is 112 Å². The number of fused-ring (bicyclic) bond motifs is 21. The zero-order valence-corrected chi connectivity index (χ0v) is 74.4. The monoisotopic (exact) mass is 1770 g/mol. The second-order valence-electron chi connectivity index (χ2n) is 40.2. The summed E-state index contributed by atoms with van der Waals surface area (Å²) in [6, 6.07) is 0. The molecule has 15 aliphatic carbocycles. The maximum Gasteiger partial charge on any atom is 0.309 e. The Morgan fingerprint density at radius 3 is 1.38 bits per heavy atom.